The third-order valence-electron chi connectivity index (χ3n) is 1.44. The van der Waals surface area contributed by atoms with Crippen molar-refractivity contribution in [2.24, 2.45) is 5.92 Å². The first-order valence-corrected chi connectivity index (χ1v) is 5.64. The van der Waals surface area contributed by atoms with E-state index in [-0.39, 0.29) is 0 Å². The molecule has 0 aliphatic carbocycles. The summed E-state index contributed by atoms with van der Waals surface area (Å²) in [5.74, 6) is 0.823. The molecule has 0 amide bonds. The predicted octanol–water partition coefficient (Wildman–Crippen LogP) is 1.52. The van der Waals surface area contributed by atoms with E-state index in [1.165, 1.54) is 19.3 Å². The summed E-state index contributed by atoms with van der Waals surface area (Å²) >= 11 is -1.75. The summed E-state index contributed by atoms with van der Waals surface area (Å²) in [6, 6.07) is 0. The van der Waals surface area contributed by atoms with Crippen molar-refractivity contribution < 1.29 is 31.6 Å². The van der Waals surface area contributed by atoms with E-state index in [9.17, 15) is 0 Å². The molecule has 0 unspecified atom stereocenters. The van der Waals surface area contributed by atoms with Gasteiger partial charge in [-0.3, -0.25) is 0 Å². The van der Waals surface area contributed by atoms with Gasteiger partial charge in [0.2, 0.25) is 0 Å². The molecule has 2 N–H and O–H groups in total. The van der Waals surface area contributed by atoms with Gasteiger partial charge < -0.3 is 5.11 Å². The van der Waals surface area contributed by atoms with E-state index in [2.05, 4.69) is 13.8 Å². The van der Waals surface area contributed by atoms with Gasteiger partial charge in [-0.15, -0.1) is 0 Å². The molecular weight excluding hydrogens is 192 g/mol. The Morgan fingerprint density at radius 2 is 1.75 bits per heavy atom. The Morgan fingerprint density at radius 3 is 2.08 bits per heavy atom. The van der Waals surface area contributed by atoms with Crippen molar-refractivity contribution in [1.29, 1.82) is 0 Å². The third kappa shape index (κ3) is 22.4. The summed E-state index contributed by atoms with van der Waals surface area (Å²) in [7, 11) is 0. The second-order valence-corrected chi connectivity index (χ2v) is 3.34. The Hall–Kier alpha value is 0.434. The van der Waals surface area contributed by atoms with Crippen molar-refractivity contribution >= 4 is 0 Å². The molecule has 0 saturated carbocycles. The van der Waals surface area contributed by atoms with Gasteiger partial charge in [-0.2, -0.15) is 0 Å². The van der Waals surface area contributed by atoms with Gasteiger partial charge in [0.15, 0.2) is 0 Å². The van der Waals surface area contributed by atoms with E-state index in [0.29, 0.717) is 6.61 Å². The van der Waals surface area contributed by atoms with Crippen molar-refractivity contribution in [3.8, 4) is 0 Å². The first kappa shape index (κ1) is 14.9. The van der Waals surface area contributed by atoms with Gasteiger partial charge in [0, 0.05) is 6.61 Å². The van der Waals surface area contributed by atoms with Crippen LogP contribution in [-0.4, -0.2) is 15.4 Å². The Bertz CT molecular complexity index is 86.4. The average Bonchev–Trinajstić information content (AvgIpc) is 1.99. The van der Waals surface area contributed by atoms with Crippen LogP contribution >= 0.6 is 0 Å². The second-order valence-electron chi connectivity index (χ2n) is 3.06. The minimum absolute atomic E-state index is 0.359. The fourth-order valence-corrected chi connectivity index (χ4v) is 0.841. The van der Waals surface area contributed by atoms with Gasteiger partial charge >= 0.3 is 26.5 Å². The van der Waals surface area contributed by atoms with Crippen molar-refractivity contribution in [2.75, 3.05) is 6.61 Å². The summed E-state index contributed by atoms with van der Waals surface area (Å²) in [5, 5.41) is 8.43. The van der Waals surface area contributed by atoms with E-state index in [0.717, 1.165) is 12.3 Å². The number of hydrogen-bond acceptors (Lipinski definition) is 2. The zero-order valence-electron chi connectivity index (χ0n) is 7.92. The fourth-order valence-electron chi connectivity index (χ4n) is 0.841. The van der Waals surface area contributed by atoms with Gasteiger partial charge in [0.25, 0.3) is 0 Å². The molecule has 0 aromatic rings. The molecule has 0 fully saturated rings. The molecule has 3 nitrogen and oxygen atoms in total. The first-order valence-electron chi connectivity index (χ1n) is 4.31. The SMILES string of the molecule is CC(C)CCCCCO.[O]=[Ti][OH]. The van der Waals surface area contributed by atoms with Crippen LogP contribution < -0.4 is 0 Å². The molecule has 0 aliphatic heterocycles. The molecule has 0 spiro atoms. The number of hydrogen-bond donors (Lipinski definition) is 2. The molecule has 0 heterocycles. The minimum atomic E-state index is -1.75. The number of aliphatic hydroxyl groups excluding tert-OH is 1. The molecule has 0 aromatic heterocycles. The van der Waals surface area contributed by atoms with Crippen LogP contribution in [0.4, 0.5) is 0 Å². The van der Waals surface area contributed by atoms with Crippen LogP contribution in [0.5, 0.6) is 0 Å². The molecule has 4 heteroatoms. The van der Waals surface area contributed by atoms with Gasteiger partial charge in [0.1, 0.15) is 0 Å². The van der Waals surface area contributed by atoms with Gasteiger partial charge in [-0.05, 0) is 12.3 Å². The molecule has 12 heavy (non-hydrogen) atoms. The maximum absolute atomic E-state index is 8.61. The quantitative estimate of drug-likeness (QED) is 0.535. The van der Waals surface area contributed by atoms with E-state index < -0.39 is 19.5 Å². The maximum atomic E-state index is 8.61. The molecule has 0 rings (SSSR count). The van der Waals surface area contributed by atoms with E-state index >= 15 is 0 Å². The number of rotatable bonds is 5. The molecule has 0 aliphatic rings. The molecular formula is C8H19O3Ti. The van der Waals surface area contributed by atoms with E-state index in [1.807, 2.05) is 0 Å². The normalized spacial score (nSPS) is 8.75. The Kier molecular flexibility index (Phi) is 17.4. The number of aliphatic hydroxyl groups is 1. The fraction of sp³-hybridized carbons (Fsp3) is 1.00. The summed E-state index contributed by atoms with van der Waals surface area (Å²) in [4.78, 5) is 0. The summed E-state index contributed by atoms with van der Waals surface area (Å²) < 4.78 is 15.8. The zero-order valence-corrected chi connectivity index (χ0v) is 9.48. The van der Waals surface area contributed by atoms with Crippen molar-refractivity contribution in [3.05, 3.63) is 0 Å². The monoisotopic (exact) mass is 211 g/mol. The predicted molar refractivity (Wildman–Crippen MR) is 43.3 cm³/mol. The topological polar surface area (TPSA) is 57.5 Å². The average molecular weight is 211 g/mol. The van der Waals surface area contributed by atoms with Crippen molar-refractivity contribution in [3.63, 3.8) is 0 Å². The van der Waals surface area contributed by atoms with Gasteiger partial charge in [0.05, 0.1) is 0 Å². The molecule has 0 bridgehead atoms. The van der Waals surface area contributed by atoms with Gasteiger partial charge in [-0.1, -0.05) is 33.1 Å². The second kappa shape index (κ2) is 14.0. The Labute approximate surface area is 83.9 Å². The van der Waals surface area contributed by atoms with Crippen LogP contribution in [-0.2, 0) is 22.8 Å². The van der Waals surface area contributed by atoms with Crippen LogP contribution in [0.25, 0.3) is 0 Å². The Morgan fingerprint density at radius 1 is 1.25 bits per heavy atom. The van der Waals surface area contributed by atoms with Crippen LogP contribution in [0, 0.1) is 5.92 Å². The summed E-state index contributed by atoms with van der Waals surface area (Å²) in [6.45, 7) is 4.83. The van der Waals surface area contributed by atoms with Crippen LogP contribution in [0.15, 0.2) is 0 Å². The molecule has 73 valence electrons. The van der Waals surface area contributed by atoms with E-state index in [1.54, 1.807) is 0 Å². The molecule has 0 aromatic carbocycles. The summed E-state index contributed by atoms with van der Waals surface area (Å²) in [5.41, 5.74) is 0. The standard InChI is InChI=1S/C8H18O.H2O.O.Ti/c1-8(2)6-4-3-5-7-9;;;/h8-9H,3-7H2,1-2H3;1H2;;/q;;;+1/p-1. The third-order valence-corrected chi connectivity index (χ3v) is 1.44. The zero-order chi connectivity index (χ0) is 9.82. The van der Waals surface area contributed by atoms with Crippen molar-refractivity contribution in [1.82, 2.24) is 0 Å². The van der Waals surface area contributed by atoms with E-state index in [4.69, 9.17) is 12.1 Å². The van der Waals surface area contributed by atoms with Crippen LogP contribution in [0.3, 0.4) is 0 Å². The van der Waals surface area contributed by atoms with Crippen LogP contribution in [0.1, 0.15) is 39.5 Å². The Balaban J connectivity index is 0. The molecule has 0 radical (unpaired) electrons. The van der Waals surface area contributed by atoms with Crippen molar-refractivity contribution in [2.45, 2.75) is 39.5 Å². The first-order chi connectivity index (χ1) is 5.68. The summed E-state index contributed by atoms with van der Waals surface area (Å²) in [6.07, 6.45) is 4.75. The van der Waals surface area contributed by atoms with Crippen LogP contribution in [0.2, 0.25) is 0 Å². The molecule has 0 saturated heterocycles. The van der Waals surface area contributed by atoms with Gasteiger partial charge in [-0.25, -0.2) is 0 Å². The molecule has 0 atom stereocenters. The number of unbranched alkanes of at least 4 members (excludes halogenated alkanes) is 2.